The highest BCUT2D eigenvalue weighted by Crippen LogP contribution is 2.23. The van der Waals surface area contributed by atoms with Crippen molar-refractivity contribution in [1.82, 2.24) is 18.9 Å². The van der Waals surface area contributed by atoms with Crippen molar-refractivity contribution >= 4 is 44.2 Å². The van der Waals surface area contributed by atoms with Crippen LogP contribution in [0.25, 0.3) is 16.6 Å². The predicted octanol–water partition coefficient (Wildman–Crippen LogP) is 4.05. The third-order valence-corrected chi connectivity index (χ3v) is 5.90. The van der Waals surface area contributed by atoms with Crippen molar-refractivity contribution in [1.29, 1.82) is 0 Å². The van der Waals surface area contributed by atoms with Gasteiger partial charge in [0, 0.05) is 29.7 Å². The topological polar surface area (TPSA) is 61.4 Å². The summed E-state index contributed by atoms with van der Waals surface area (Å²) >= 11 is 4.94. The third kappa shape index (κ3) is 3.85. The second-order valence-corrected chi connectivity index (χ2v) is 8.36. The molecular formula is C20H19BrN4O2S. The van der Waals surface area contributed by atoms with E-state index in [2.05, 4.69) is 34.0 Å². The van der Waals surface area contributed by atoms with Gasteiger partial charge in [-0.3, -0.25) is 9.36 Å². The van der Waals surface area contributed by atoms with E-state index in [4.69, 9.17) is 9.72 Å². The lowest BCUT2D eigenvalue weighted by atomic mass is 10.2. The molecule has 3 heterocycles. The fourth-order valence-electron chi connectivity index (χ4n) is 3.03. The molecule has 0 radical (unpaired) electrons. The van der Waals surface area contributed by atoms with Crippen LogP contribution in [0.15, 0.2) is 57.1 Å². The Morgan fingerprint density at radius 2 is 2.04 bits per heavy atom. The SMILES string of the molecule is COCCn1c(SCc2cn3cc(C)ccc3n2)nc2ccc(Br)cc2c1=O. The normalized spacial score (nSPS) is 11.5. The van der Waals surface area contributed by atoms with Crippen molar-refractivity contribution in [3.05, 3.63) is 68.8 Å². The van der Waals surface area contributed by atoms with Crippen LogP contribution in [0.5, 0.6) is 0 Å². The van der Waals surface area contributed by atoms with Gasteiger partial charge in [0.15, 0.2) is 5.16 Å². The van der Waals surface area contributed by atoms with Crippen LogP contribution in [-0.2, 0) is 17.0 Å². The van der Waals surface area contributed by atoms with Gasteiger partial charge in [-0.2, -0.15) is 0 Å². The third-order valence-electron chi connectivity index (χ3n) is 4.40. The van der Waals surface area contributed by atoms with Crippen molar-refractivity contribution in [3.63, 3.8) is 0 Å². The Morgan fingerprint density at radius 3 is 2.86 bits per heavy atom. The molecule has 0 saturated carbocycles. The first-order valence-corrected chi connectivity index (χ1v) is 10.6. The first-order valence-electron chi connectivity index (χ1n) is 8.81. The number of methoxy groups -OCH3 is 1. The summed E-state index contributed by atoms with van der Waals surface area (Å²) in [6.45, 7) is 2.96. The lowest BCUT2D eigenvalue weighted by Gasteiger charge is -2.12. The summed E-state index contributed by atoms with van der Waals surface area (Å²) in [5.74, 6) is 0.627. The Morgan fingerprint density at radius 1 is 1.18 bits per heavy atom. The number of ether oxygens (including phenoxy) is 1. The molecule has 0 bridgehead atoms. The Bertz CT molecular complexity index is 1220. The minimum absolute atomic E-state index is 0.0588. The average molecular weight is 459 g/mol. The molecule has 0 fully saturated rings. The molecule has 1 aromatic carbocycles. The quantitative estimate of drug-likeness (QED) is 0.322. The molecule has 4 rings (SSSR count). The van der Waals surface area contributed by atoms with Crippen molar-refractivity contribution in [2.75, 3.05) is 13.7 Å². The zero-order chi connectivity index (χ0) is 19.7. The number of halogens is 1. The predicted molar refractivity (Wildman–Crippen MR) is 115 cm³/mol. The van der Waals surface area contributed by atoms with Crippen molar-refractivity contribution < 1.29 is 4.74 Å². The standard InChI is InChI=1S/C20H19BrN4O2S/c1-13-3-6-18-22-15(11-24(18)10-13)12-28-20-23-17-5-4-14(21)9-16(17)19(26)25(20)7-8-27-2/h3-6,9-11H,7-8,12H2,1-2H3. The second kappa shape index (κ2) is 8.06. The van der Waals surface area contributed by atoms with E-state index in [1.54, 1.807) is 11.7 Å². The number of pyridine rings is 1. The highest BCUT2D eigenvalue weighted by atomic mass is 79.9. The molecule has 0 saturated heterocycles. The molecule has 0 amide bonds. The van der Waals surface area contributed by atoms with Gasteiger partial charge in [-0.1, -0.05) is 33.8 Å². The number of benzene rings is 1. The first-order chi connectivity index (χ1) is 13.5. The van der Waals surface area contributed by atoms with E-state index in [1.165, 1.54) is 17.3 Å². The fraction of sp³-hybridized carbons (Fsp3) is 0.250. The van der Waals surface area contributed by atoms with Crippen LogP contribution < -0.4 is 5.56 Å². The minimum Gasteiger partial charge on any atom is -0.383 e. The van der Waals surface area contributed by atoms with Crippen LogP contribution in [0.2, 0.25) is 0 Å². The summed E-state index contributed by atoms with van der Waals surface area (Å²) < 4.78 is 9.75. The molecule has 0 N–H and O–H groups in total. The Labute approximate surface area is 174 Å². The van der Waals surface area contributed by atoms with E-state index in [9.17, 15) is 4.79 Å². The van der Waals surface area contributed by atoms with E-state index in [1.807, 2.05) is 40.9 Å². The Hall–Kier alpha value is -2.16. The summed E-state index contributed by atoms with van der Waals surface area (Å²) in [5.41, 5.74) is 3.67. The number of hydrogen-bond acceptors (Lipinski definition) is 5. The summed E-state index contributed by atoms with van der Waals surface area (Å²) in [4.78, 5) is 22.4. The number of thioether (sulfide) groups is 1. The molecule has 4 aromatic rings. The smallest absolute Gasteiger partial charge is 0.262 e. The van der Waals surface area contributed by atoms with E-state index >= 15 is 0 Å². The zero-order valence-corrected chi connectivity index (χ0v) is 18.0. The minimum atomic E-state index is -0.0588. The van der Waals surface area contributed by atoms with Crippen molar-refractivity contribution in [2.45, 2.75) is 24.4 Å². The van der Waals surface area contributed by atoms with Gasteiger partial charge in [0.25, 0.3) is 5.56 Å². The van der Waals surface area contributed by atoms with Crippen molar-refractivity contribution in [2.24, 2.45) is 0 Å². The molecule has 0 aliphatic carbocycles. The molecule has 28 heavy (non-hydrogen) atoms. The van der Waals surface area contributed by atoms with Gasteiger partial charge in [-0.25, -0.2) is 9.97 Å². The first kappa shape index (κ1) is 19.2. The molecule has 0 spiro atoms. The van der Waals surface area contributed by atoms with Gasteiger partial charge in [0.05, 0.1) is 29.7 Å². The number of nitrogens with zero attached hydrogens (tertiary/aromatic N) is 4. The lowest BCUT2D eigenvalue weighted by molar-refractivity contribution is 0.183. The highest BCUT2D eigenvalue weighted by Gasteiger charge is 2.13. The molecule has 0 unspecified atom stereocenters. The number of aromatic nitrogens is 4. The number of imidazole rings is 1. The highest BCUT2D eigenvalue weighted by molar-refractivity contribution is 9.10. The molecule has 6 nitrogen and oxygen atoms in total. The van der Waals surface area contributed by atoms with Crippen LogP contribution >= 0.6 is 27.7 Å². The maximum Gasteiger partial charge on any atom is 0.262 e. The molecule has 8 heteroatoms. The number of hydrogen-bond donors (Lipinski definition) is 0. The zero-order valence-electron chi connectivity index (χ0n) is 15.6. The summed E-state index contributed by atoms with van der Waals surface area (Å²) in [6.07, 6.45) is 4.07. The van der Waals surface area contributed by atoms with Gasteiger partial charge in [0.1, 0.15) is 5.65 Å². The number of aryl methyl sites for hydroxylation is 1. The van der Waals surface area contributed by atoms with E-state index in [0.717, 1.165) is 15.8 Å². The van der Waals surface area contributed by atoms with Crippen LogP contribution in [0.3, 0.4) is 0 Å². The number of rotatable bonds is 6. The van der Waals surface area contributed by atoms with Gasteiger partial charge >= 0.3 is 0 Å². The maximum atomic E-state index is 13.0. The van der Waals surface area contributed by atoms with Gasteiger partial charge in [0.2, 0.25) is 0 Å². The number of fused-ring (bicyclic) bond motifs is 2. The second-order valence-electron chi connectivity index (χ2n) is 6.50. The van der Waals surface area contributed by atoms with Crippen molar-refractivity contribution in [3.8, 4) is 0 Å². The lowest BCUT2D eigenvalue weighted by Crippen LogP contribution is -2.25. The molecule has 0 atom stereocenters. The van der Waals surface area contributed by atoms with Crippen LogP contribution in [0.1, 0.15) is 11.3 Å². The summed E-state index contributed by atoms with van der Waals surface area (Å²) in [7, 11) is 1.63. The molecular weight excluding hydrogens is 440 g/mol. The van der Waals surface area contributed by atoms with E-state index in [-0.39, 0.29) is 5.56 Å². The monoisotopic (exact) mass is 458 g/mol. The molecule has 0 aliphatic heterocycles. The fourth-order valence-corrected chi connectivity index (χ4v) is 4.30. The van der Waals surface area contributed by atoms with E-state index < -0.39 is 0 Å². The summed E-state index contributed by atoms with van der Waals surface area (Å²) in [6, 6.07) is 9.62. The molecule has 144 valence electrons. The van der Waals surface area contributed by atoms with Gasteiger partial charge in [-0.15, -0.1) is 0 Å². The largest absolute Gasteiger partial charge is 0.383 e. The van der Waals surface area contributed by atoms with E-state index in [0.29, 0.717) is 35.0 Å². The van der Waals surface area contributed by atoms with Gasteiger partial charge in [-0.05, 0) is 36.8 Å². The van der Waals surface area contributed by atoms with Crippen LogP contribution in [-0.4, -0.2) is 32.7 Å². The van der Waals surface area contributed by atoms with Crippen LogP contribution in [0, 0.1) is 6.92 Å². The Kier molecular flexibility index (Phi) is 5.52. The molecule has 0 aliphatic rings. The van der Waals surface area contributed by atoms with Crippen LogP contribution in [0.4, 0.5) is 0 Å². The maximum absolute atomic E-state index is 13.0. The summed E-state index contributed by atoms with van der Waals surface area (Å²) in [5, 5.41) is 1.27. The van der Waals surface area contributed by atoms with Gasteiger partial charge < -0.3 is 9.14 Å². The molecule has 3 aromatic heterocycles. The average Bonchev–Trinajstić information content (AvgIpc) is 3.08. The Balaban J connectivity index is 1.69.